The van der Waals surface area contributed by atoms with Gasteiger partial charge in [0.05, 0.1) is 0 Å². The summed E-state index contributed by atoms with van der Waals surface area (Å²) in [5.74, 6) is 11.8. The van der Waals surface area contributed by atoms with Gasteiger partial charge in [-0.2, -0.15) is 0 Å². The van der Waals surface area contributed by atoms with Gasteiger partial charge in [0.25, 0.3) is 0 Å². The molecule has 6 aliphatic rings. The number of hydrogen-bond acceptors (Lipinski definition) is 8. The third-order valence-corrected chi connectivity index (χ3v) is 21.6. The lowest BCUT2D eigenvalue weighted by Crippen LogP contribution is -2.46. The fourth-order valence-electron chi connectivity index (χ4n) is 13.6. The molecule has 5 aliphatic heterocycles. The molecule has 8 nitrogen and oxygen atoms in total. The van der Waals surface area contributed by atoms with Crippen LogP contribution in [0.15, 0.2) is 0 Å². The van der Waals surface area contributed by atoms with Gasteiger partial charge in [0.1, 0.15) is 0 Å². The molecule has 5 saturated heterocycles. The van der Waals surface area contributed by atoms with E-state index < -0.39 is 0 Å². The molecule has 2 unspecified atom stereocenters. The van der Waals surface area contributed by atoms with E-state index in [1.807, 2.05) is 0 Å². The van der Waals surface area contributed by atoms with Crippen LogP contribution < -0.4 is 10.6 Å². The van der Waals surface area contributed by atoms with Crippen molar-refractivity contribution >= 4 is 0 Å². The van der Waals surface area contributed by atoms with Crippen LogP contribution in [0.3, 0.4) is 0 Å². The van der Waals surface area contributed by atoms with Crippen LogP contribution in [0.4, 0.5) is 0 Å². The summed E-state index contributed by atoms with van der Waals surface area (Å²) in [6.45, 7) is 89.2. The molecule has 2 N–H and O–H groups in total. The lowest BCUT2D eigenvalue weighted by molar-refractivity contribution is 0.0843. The zero-order chi connectivity index (χ0) is 69.6. The fourth-order valence-corrected chi connectivity index (χ4v) is 13.6. The molecule has 6 rings (SSSR count). The summed E-state index contributed by atoms with van der Waals surface area (Å²) in [7, 11) is 2.19. The average Bonchev–Trinajstić information content (AvgIpc) is 1.97. The van der Waals surface area contributed by atoms with Crippen LogP contribution in [-0.4, -0.2) is 169 Å². The predicted molar refractivity (Wildman–Crippen MR) is 411 cm³/mol. The minimum absolute atomic E-state index is 0.384. The summed E-state index contributed by atoms with van der Waals surface area (Å²) in [5, 5.41) is 7.02. The standard InChI is InChI=1S/C12H25N.3C11H23N.2C10H21N.C9H21N.C8H19N/c1-9(2)11-5-7-12(8-6-11)13-10(3)4;1-9(2)11-5-7-12(8-6-11)10(3)4;2*1-9(2)11-6-5-7-12(8-11)10(3)4;1-8(2)10-5-6-11(7-10)9(3)4;1-9-6-5-7-11(8-9)10(2,3)4;1-8(2)6-7-10(5)9(3)4;1-7(2)5-6-9-8(3)4/h9-13H,5-8H2,1-4H3;3*9-11H,5-8H2,1-4H3;8-10H,5-7H2,1-4H3;9H,5-8H2,1-4H3;8-9H,6-7H2,1-5H3;7-9H,5-6H2,1-4H3/t;;11-;;;9-;;/m..1..0../s1. The maximum atomic E-state index is 3.64. The van der Waals surface area contributed by atoms with Gasteiger partial charge in [-0.1, -0.05) is 132 Å². The van der Waals surface area contributed by atoms with Crippen LogP contribution >= 0.6 is 0 Å². The second kappa shape index (κ2) is 50.9. The van der Waals surface area contributed by atoms with E-state index in [1.54, 1.807) is 0 Å². The number of hydrogen-bond donors (Lipinski definition) is 2. The number of likely N-dealkylation sites (tertiary alicyclic amines) is 5. The van der Waals surface area contributed by atoms with E-state index in [1.165, 1.54) is 168 Å². The molecular weight excluding hydrogens is 1100 g/mol. The van der Waals surface area contributed by atoms with Gasteiger partial charge in [-0.25, -0.2) is 0 Å². The van der Waals surface area contributed by atoms with E-state index >= 15 is 0 Å². The van der Waals surface area contributed by atoms with Gasteiger partial charge in [-0.3, -0.25) is 4.90 Å². The third kappa shape index (κ3) is 46.0. The molecule has 0 aromatic heterocycles. The molecule has 0 amide bonds. The van der Waals surface area contributed by atoms with E-state index in [4.69, 9.17) is 0 Å². The van der Waals surface area contributed by atoms with Gasteiger partial charge < -0.3 is 35.1 Å². The van der Waals surface area contributed by atoms with Crippen molar-refractivity contribution in [3.8, 4) is 0 Å². The molecule has 0 radical (unpaired) electrons. The second-order valence-electron chi connectivity index (χ2n) is 35.7. The number of piperidine rings is 4. The Morgan fingerprint density at radius 2 is 0.733 bits per heavy atom. The number of nitrogens with zero attached hydrogens (tertiary/aromatic N) is 6. The Labute approximate surface area is 571 Å². The van der Waals surface area contributed by atoms with Crippen LogP contribution in [0.5, 0.6) is 0 Å². The van der Waals surface area contributed by atoms with Crippen molar-refractivity contribution in [3.05, 3.63) is 0 Å². The first kappa shape index (κ1) is 91.7. The Kier molecular flexibility index (Phi) is 51.9. The lowest BCUT2D eigenvalue weighted by Gasteiger charge is -2.40. The maximum Gasteiger partial charge on any atom is 0.0125 e. The first-order valence-electron chi connectivity index (χ1n) is 39.6. The summed E-state index contributed by atoms with van der Waals surface area (Å²) in [5.41, 5.74) is 0.384. The highest BCUT2D eigenvalue weighted by atomic mass is 15.2. The van der Waals surface area contributed by atoms with Crippen molar-refractivity contribution in [3.63, 3.8) is 0 Å². The lowest BCUT2D eigenvalue weighted by atomic mass is 9.79. The molecule has 0 aromatic rings. The highest BCUT2D eigenvalue weighted by molar-refractivity contribution is 4.84. The minimum atomic E-state index is 0.384. The molecule has 4 atom stereocenters. The van der Waals surface area contributed by atoms with Crippen molar-refractivity contribution in [2.24, 2.45) is 76.9 Å². The topological polar surface area (TPSA) is 43.5 Å². The highest BCUT2D eigenvalue weighted by Gasteiger charge is 2.29. The van der Waals surface area contributed by atoms with E-state index in [2.05, 4.69) is 269 Å². The maximum absolute atomic E-state index is 3.64. The van der Waals surface area contributed by atoms with Gasteiger partial charge in [0, 0.05) is 80.1 Å². The van der Waals surface area contributed by atoms with E-state index in [0.29, 0.717) is 23.7 Å². The third-order valence-electron chi connectivity index (χ3n) is 21.6. The second-order valence-corrected chi connectivity index (χ2v) is 35.7. The molecule has 1 aliphatic carbocycles. The Morgan fingerprint density at radius 1 is 0.378 bits per heavy atom. The fraction of sp³-hybridized carbons (Fsp3) is 1.00. The molecule has 8 heteroatoms. The Bertz CT molecular complexity index is 1480. The molecule has 90 heavy (non-hydrogen) atoms. The Hall–Kier alpha value is -0.320. The van der Waals surface area contributed by atoms with Gasteiger partial charge >= 0.3 is 0 Å². The van der Waals surface area contributed by atoms with Gasteiger partial charge in [-0.05, 0) is 323 Å². The number of nitrogens with one attached hydrogen (secondary N) is 2. The predicted octanol–water partition coefficient (Wildman–Crippen LogP) is 20.8. The molecular formula is C82H176N8. The average molecular weight is 1270 g/mol. The molecule has 0 bridgehead atoms. The largest absolute Gasteiger partial charge is 0.315 e. The zero-order valence-electron chi connectivity index (χ0n) is 68.4. The van der Waals surface area contributed by atoms with Crippen LogP contribution in [0.1, 0.15) is 318 Å². The summed E-state index contributed by atoms with van der Waals surface area (Å²) in [6, 6.07) is 5.77. The summed E-state index contributed by atoms with van der Waals surface area (Å²) in [4.78, 5) is 15.4. The summed E-state index contributed by atoms with van der Waals surface area (Å²) < 4.78 is 0. The first-order chi connectivity index (χ1) is 41.7. The van der Waals surface area contributed by atoms with E-state index in [9.17, 15) is 0 Å². The van der Waals surface area contributed by atoms with Crippen molar-refractivity contribution in [1.29, 1.82) is 0 Å². The minimum Gasteiger partial charge on any atom is -0.315 e. The SMILES string of the molecule is CC(C)C1CCCN(C(C)C)C1.CC(C)C1CCN(C(C)C)C1.CC(C)C1CCN(C(C)C)CC1.CC(C)CCN(C)C(C)C.CC(C)CCNC(C)C.CC(C)NC1CCC(C(C)C)CC1.CC(C)[C@@H]1CCCN(C(C)C)C1.C[C@H]1CCCN(C(C)(C)C)C1. The van der Waals surface area contributed by atoms with Crippen LogP contribution in [-0.2, 0) is 0 Å². The van der Waals surface area contributed by atoms with Gasteiger partial charge in [0.2, 0.25) is 0 Å². The van der Waals surface area contributed by atoms with E-state index in [-0.39, 0.29) is 0 Å². The molecule has 0 spiro atoms. The zero-order valence-corrected chi connectivity index (χ0v) is 68.4. The molecule has 0 aromatic carbocycles. The Balaban J connectivity index is 0. The normalized spacial score (nSPS) is 23.9. The van der Waals surface area contributed by atoms with Crippen LogP contribution in [0.25, 0.3) is 0 Å². The van der Waals surface area contributed by atoms with Crippen molar-refractivity contribution in [2.75, 3.05) is 85.6 Å². The molecule has 6 fully saturated rings. The number of rotatable bonds is 19. The molecule has 5 heterocycles. The summed E-state index contributed by atoms with van der Waals surface area (Å²) >= 11 is 0. The van der Waals surface area contributed by atoms with Crippen molar-refractivity contribution in [1.82, 2.24) is 40.0 Å². The highest BCUT2D eigenvalue weighted by Crippen LogP contribution is 2.31. The van der Waals surface area contributed by atoms with Crippen molar-refractivity contribution in [2.45, 2.75) is 372 Å². The molecule has 544 valence electrons. The van der Waals surface area contributed by atoms with E-state index in [0.717, 1.165) is 114 Å². The smallest absolute Gasteiger partial charge is 0.0125 e. The monoisotopic (exact) mass is 1270 g/mol. The first-order valence-corrected chi connectivity index (χ1v) is 39.6. The van der Waals surface area contributed by atoms with Crippen LogP contribution in [0.2, 0.25) is 0 Å². The molecule has 1 saturated carbocycles. The van der Waals surface area contributed by atoms with Gasteiger partial charge in [0.15, 0.2) is 0 Å². The summed E-state index contributed by atoms with van der Waals surface area (Å²) in [6.07, 6.45) is 21.0. The Morgan fingerprint density at radius 3 is 1.03 bits per heavy atom. The van der Waals surface area contributed by atoms with Crippen LogP contribution in [0, 0.1) is 76.9 Å². The van der Waals surface area contributed by atoms with Crippen molar-refractivity contribution < 1.29 is 0 Å². The van der Waals surface area contributed by atoms with Gasteiger partial charge in [-0.15, -0.1) is 0 Å². The quantitative estimate of drug-likeness (QED) is 0.133.